The minimum atomic E-state index is -0.141. The Morgan fingerprint density at radius 1 is 0.432 bits per heavy atom. The molecule has 15 nitrogen and oxygen atoms in total. The van der Waals surface area contributed by atoms with Crippen molar-refractivity contribution in [3.05, 3.63) is 355 Å². The third-order valence-corrected chi connectivity index (χ3v) is 18.3. The molecule has 4 aliphatic rings. The maximum Gasteiger partial charge on any atom is 2.00 e. The molecule has 111 heavy (non-hydrogen) atoms. The molecule has 15 rings (SSSR count). The smallest absolute Gasteiger partial charge is 0.512 e. The number of allylic oxidation sites excluding steroid dienone is 3. The minimum Gasteiger partial charge on any atom is -0.512 e. The molecule has 2 aromatic heterocycles. The second kappa shape index (κ2) is 42.7. The van der Waals surface area contributed by atoms with Gasteiger partial charge in [-0.05, 0) is 221 Å². The van der Waals surface area contributed by atoms with Gasteiger partial charge in [0.25, 0.3) is 0 Å². The Hall–Kier alpha value is -9.55. The average molecular weight is 2190 g/mol. The molecular formula is C92H93Ir2N11O4Pt2-4. The van der Waals surface area contributed by atoms with Crippen molar-refractivity contribution in [1.82, 2.24) is 9.97 Å². The predicted octanol–water partition coefficient (Wildman–Crippen LogP) is 21.8. The van der Waals surface area contributed by atoms with Crippen LogP contribution >= 0.6 is 0 Å². The number of pyridine rings is 2. The number of aliphatic hydroxyl groups excluding tert-OH is 2. The first-order valence-electron chi connectivity index (χ1n) is 35.7. The Bertz CT molecular complexity index is 4760. The van der Waals surface area contributed by atoms with Gasteiger partial charge in [0.2, 0.25) is 0 Å². The van der Waals surface area contributed by atoms with Crippen molar-refractivity contribution in [2.75, 3.05) is 39.3 Å². The molecule has 19 heteroatoms. The van der Waals surface area contributed by atoms with E-state index in [4.69, 9.17) is 5.11 Å². The molecule has 11 aromatic rings. The number of nitrogens with zero attached hydrogens (tertiary/aromatic N) is 11. The van der Waals surface area contributed by atoms with E-state index < -0.39 is 0 Å². The summed E-state index contributed by atoms with van der Waals surface area (Å²) in [6.07, 6.45) is 8.06. The summed E-state index contributed by atoms with van der Waals surface area (Å²) in [4.78, 5) is 47.0. The summed E-state index contributed by atoms with van der Waals surface area (Å²) in [5.41, 5.74) is 22.0. The topological polar surface area (TPSA) is 139 Å². The molecule has 0 saturated heterocycles. The molecule has 2 N–H and O–H groups in total. The first-order chi connectivity index (χ1) is 51.5. The van der Waals surface area contributed by atoms with Gasteiger partial charge >= 0.3 is 42.1 Å². The first-order valence-corrected chi connectivity index (χ1v) is 35.7. The van der Waals surface area contributed by atoms with Crippen LogP contribution in [0.3, 0.4) is 0 Å². The van der Waals surface area contributed by atoms with E-state index in [0.29, 0.717) is 17.6 Å². The molecule has 2 radical (unpaired) electrons. The van der Waals surface area contributed by atoms with Gasteiger partial charge in [0.15, 0.2) is 11.6 Å². The fourth-order valence-corrected chi connectivity index (χ4v) is 12.5. The number of ketones is 2. The van der Waals surface area contributed by atoms with Gasteiger partial charge in [-0.3, -0.25) is 9.59 Å². The van der Waals surface area contributed by atoms with Gasteiger partial charge in [-0.25, -0.2) is 9.97 Å². The summed E-state index contributed by atoms with van der Waals surface area (Å²) in [6.45, 7) is 37.9. The van der Waals surface area contributed by atoms with Crippen LogP contribution in [0.2, 0.25) is 0 Å². The van der Waals surface area contributed by atoms with Crippen LogP contribution in [0.15, 0.2) is 248 Å². The molecule has 0 unspecified atom stereocenters. The molecule has 0 saturated carbocycles. The number of aryl methyl sites for hydroxylation is 5. The molecule has 9 aromatic carbocycles. The fourth-order valence-electron chi connectivity index (χ4n) is 12.5. The van der Waals surface area contributed by atoms with Crippen molar-refractivity contribution >= 4 is 92.2 Å². The number of aliphatic hydroxyl groups is 2. The Kier molecular flexibility index (Phi) is 34.8. The maximum atomic E-state index is 12.9. The van der Waals surface area contributed by atoms with E-state index in [2.05, 4.69) is 202 Å². The zero-order valence-corrected chi connectivity index (χ0v) is 74.3. The third kappa shape index (κ3) is 22.8. The number of hydrazone groups is 1. The number of para-hydroxylation sites is 8. The van der Waals surface area contributed by atoms with Gasteiger partial charge in [0.05, 0.1) is 17.8 Å². The van der Waals surface area contributed by atoms with Crippen molar-refractivity contribution in [2.45, 2.75) is 116 Å². The summed E-state index contributed by atoms with van der Waals surface area (Å²) >= 11 is 0. The summed E-state index contributed by atoms with van der Waals surface area (Å²) in [6, 6.07) is 84.8. The number of hydrogen-bond acceptors (Lipinski definition) is 15. The number of aromatic nitrogens is 2. The Morgan fingerprint density at radius 2 is 0.847 bits per heavy atom. The molecule has 0 fully saturated rings. The SMILES string of the molecule is CC(=O)C=C(C)O.CC(C)N1[CH-]N(c2[c-]cccc2)c2ncccc21.Cc1cc(C)c(C)c(C(=O)C=C(O)c2c(C)c(C)cc(C)c2C)c1C.Cc1cnc2c(c1)N(C(C)C)[CH-]N2c1[c-]cccc1.[Ir].[Ir].[Pt+2].[Pt+2].[c-]1ccccc1N1C=NN(c2ccccc2)[CH-]1.[c-]1ccccc1N1[CH-]N(c2ccccc2)c2ccccc21. The fraction of sp³-hybridized carbons (Fsp3) is 0.185. The van der Waals surface area contributed by atoms with Gasteiger partial charge in [0, 0.05) is 104 Å². The number of carbonyl (C=O) groups excluding carboxylic acids is 2. The van der Waals surface area contributed by atoms with E-state index in [1.165, 1.54) is 42.9 Å². The number of hydrogen-bond donors (Lipinski definition) is 2. The number of fused-ring (bicyclic) bond motifs is 3. The van der Waals surface area contributed by atoms with Crippen LogP contribution in [0.4, 0.5) is 68.5 Å². The first kappa shape index (κ1) is 90.3. The van der Waals surface area contributed by atoms with Crippen molar-refractivity contribution in [2.24, 2.45) is 5.10 Å². The normalized spacial score (nSPS) is 12.8. The molecule has 4 aliphatic heterocycles. The van der Waals surface area contributed by atoms with E-state index in [1.54, 1.807) is 6.34 Å². The summed E-state index contributed by atoms with van der Waals surface area (Å²) < 4.78 is 0. The Balaban J connectivity index is 0.000000211. The number of carbonyl (C=O) groups is 2. The Morgan fingerprint density at radius 3 is 1.30 bits per heavy atom. The van der Waals surface area contributed by atoms with Crippen molar-refractivity contribution in [3.63, 3.8) is 0 Å². The molecular weight excluding hydrogens is 2100 g/mol. The second-order valence-electron chi connectivity index (χ2n) is 26.8. The molecule has 0 aliphatic carbocycles. The molecule has 582 valence electrons. The van der Waals surface area contributed by atoms with Gasteiger partial charge in [-0.1, -0.05) is 60.7 Å². The zero-order chi connectivity index (χ0) is 76.4. The monoisotopic (exact) mass is 2190 g/mol. The zero-order valence-electron chi connectivity index (χ0n) is 65.0. The molecule has 6 heterocycles. The van der Waals surface area contributed by atoms with Crippen LogP contribution in [0.1, 0.15) is 108 Å². The molecule has 0 bridgehead atoms. The van der Waals surface area contributed by atoms with E-state index in [0.717, 1.165) is 107 Å². The summed E-state index contributed by atoms with van der Waals surface area (Å²) in [7, 11) is 0. The third-order valence-electron chi connectivity index (χ3n) is 18.3. The maximum absolute atomic E-state index is 12.9. The van der Waals surface area contributed by atoms with Crippen LogP contribution in [-0.4, -0.2) is 50.2 Å². The summed E-state index contributed by atoms with van der Waals surface area (Å²) in [5.74, 6) is 1.78. The van der Waals surface area contributed by atoms with E-state index >= 15 is 0 Å². The molecule has 0 atom stereocenters. The van der Waals surface area contributed by atoms with Crippen LogP contribution in [0.5, 0.6) is 0 Å². The van der Waals surface area contributed by atoms with E-state index in [-0.39, 0.29) is 105 Å². The number of anilines is 12. The van der Waals surface area contributed by atoms with Crippen molar-refractivity contribution in [1.29, 1.82) is 0 Å². The summed E-state index contributed by atoms with van der Waals surface area (Å²) in [5, 5.41) is 25.2. The number of benzene rings is 9. The standard InChI is InChI=1S/C23H28O2.C19H14N2.C16H17N3.C15H15N3.C14H11N3.C5H8O2.2Ir.2Pt/c1-12-9-13(2)17(6)22(16(12)5)20(24)11-21(25)23-18(7)14(3)10-15(4)19(23)8;1-3-9-16(10-4-1)20-15-21(17-11-5-2-6-12-17)19-14-8-7-13-18(19)20;1-12(2)18-11-19(14-7-5-4-6-8-14)16-15(18)9-13(3)10-17-16;1-12(2)17-11-18(13-7-4-3-5-8-13)15-14(17)9-6-10-16-15;1-3-7-13(8-4-1)16-11-15-17(12-16)14-9-5-2-6-10-14;1-4(6)3-5(2)7;;;;/h9-11,24H,1-8H3;1-11,13-15H;4-7,9-12H,1-3H3;3-7,9-12H,1-2H3;1-7,9-12H;3,6H,1-2H3;;;;/q;4*-2;;;;2*+2. The second-order valence-corrected chi connectivity index (χ2v) is 26.8. The predicted molar refractivity (Wildman–Crippen MR) is 441 cm³/mol. The van der Waals surface area contributed by atoms with E-state index in [9.17, 15) is 14.7 Å². The van der Waals surface area contributed by atoms with Crippen molar-refractivity contribution < 1.29 is 102 Å². The largest absolute Gasteiger partial charge is 2.00 e. The Labute approximate surface area is 713 Å². The average Bonchev–Trinajstić information content (AvgIpc) is 1.70. The van der Waals surface area contributed by atoms with Crippen LogP contribution in [0.25, 0.3) is 5.76 Å². The number of rotatable bonds is 12. The van der Waals surface area contributed by atoms with Crippen molar-refractivity contribution in [3.8, 4) is 0 Å². The van der Waals surface area contributed by atoms with Gasteiger partial charge in [-0.2, -0.15) is 126 Å². The van der Waals surface area contributed by atoms with E-state index in [1.807, 2.05) is 218 Å². The molecule has 0 spiro atoms. The minimum absolute atomic E-state index is 0. The molecule has 0 amide bonds. The van der Waals surface area contributed by atoms with Crippen LogP contribution in [-0.2, 0) is 87.1 Å². The van der Waals surface area contributed by atoms with Gasteiger partial charge in [0.1, 0.15) is 17.4 Å². The quantitative estimate of drug-likeness (QED) is 0.0519. The van der Waals surface area contributed by atoms with Gasteiger partial charge < -0.3 is 49.5 Å². The van der Waals surface area contributed by atoms with Crippen LogP contribution in [0, 0.1) is 113 Å². The van der Waals surface area contributed by atoms with Gasteiger partial charge in [-0.15, -0.1) is 49.4 Å². The van der Waals surface area contributed by atoms with Crippen LogP contribution < -0.4 is 39.3 Å².